The summed E-state index contributed by atoms with van der Waals surface area (Å²) in [4.78, 5) is 0. The zero-order valence-corrected chi connectivity index (χ0v) is 7.58. The summed E-state index contributed by atoms with van der Waals surface area (Å²) in [5.74, 6) is 0. The molecule has 0 spiro atoms. The minimum atomic E-state index is -2.79. The molecule has 0 amide bonds. The molecule has 9 heavy (non-hydrogen) atoms. The molecule has 0 radical (unpaired) electrons. The lowest BCUT2D eigenvalue weighted by molar-refractivity contribution is 0.340. The lowest BCUT2D eigenvalue weighted by atomic mass is 10.6. The molecule has 0 saturated carbocycles. The highest BCUT2D eigenvalue weighted by molar-refractivity contribution is 7.85. The molecule has 0 rings (SSSR count). The molecule has 0 aromatic carbocycles. The van der Waals surface area contributed by atoms with Crippen LogP contribution in [0.4, 0.5) is 0 Å². The normalized spacial score (nSPS) is 17.9. The molecule has 56 valence electrons. The van der Waals surface area contributed by atoms with Crippen LogP contribution in [0.3, 0.4) is 0 Å². The van der Waals surface area contributed by atoms with Crippen LogP contribution in [0.15, 0.2) is 0 Å². The summed E-state index contributed by atoms with van der Waals surface area (Å²) in [6.07, 6.45) is 0. The first-order valence-corrected chi connectivity index (χ1v) is 5.54. The van der Waals surface area contributed by atoms with Crippen molar-refractivity contribution in [3.05, 3.63) is 0 Å². The molecule has 0 aromatic heterocycles. The van der Waals surface area contributed by atoms with E-state index in [1.165, 1.54) is 0 Å². The van der Waals surface area contributed by atoms with E-state index in [1.807, 2.05) is 0 Å². The van der Waals surface area contributed by atoms with Crippen LogP contribution in [-0.2, 0) is 9.09 Å². The highest BCUT2D eigenvalue weighted by Crippen LogP contribution is 2.56. The molecule has 0 N–H and O–H groups in total. The van der Waals surface area contributed by atoms with E-state index in [1.54, 1.807) is 20.8 Å². The van der Waals surface area contributed by atoms with E-state index in [0.717, 1.165) is 0 Å². The zero-order chi connectivity index (χ0) is 7.49. The third-order valence-electron chi connectivity index (χ3n) is 0.922. The van der Waals surface area contributed by atoms with Gasteiger partial charge < -0.3 is 4.52 Å². The maximum absolute atomic E-state index is 11.1. The Labute approximate surface area is 60.8 Å². The van der Waals surface area contributed by atoms with Crippen LogP contribution in [-0.4, -0.2) is 12.3 Å². The molecule has 0 heterocycles. The predicted octanol–water partition coefficient (Wildman–Crippen LogP) is 2.86. The quantitative estimate of drug-likeness (QED) is 0.609. The molecular weight excluding hydrogens is 158 g/mol. The Bertz CT molecular complexity index is 124. The van der Waals surface area contributed by atoms with E-state index in [-0.39, 0.29) is 5.66 Å². The Hall–Kier alpha value is 0.480. The summed E-state index contributed by atoms with van der Waals surface area (Å²) in [6.45, 7) is 2.96. The molecule has 2 nitrogen and oxygen atoms in total. The van der Waals surface area contributed by atoms with E-state index in [2.05, 4.69) is 0 Å². The first-order valence-electron chi connectivity index (χ1n) is 2.94. The van der Waals surface area contributed by atoms with Gasteiger partial charge in [-0.3, -0.25) is 4.57 Å². The van der Waals surface area contributed by atoms with Crippen LogP contribution in [0.1, 0.15) is 20.8 Å². The maximum Gasteiger partial charge on any atom is 0.292 e. The van der Waals surface area contributed by atoms with Gasteiger partial charge in [0.15, 0.2) is 0 Å². The van der Waals surface area contributed by atoms with Crippen molar-refractivity contribution in [3.8, 4) is 0 Å². The summed E-state index contributed by atoms with van der Waals surface area (Å²) in [7, 11) is 0. The van der Waals surface area contributed by atoms with Gasteiger partial charge in [0.25, 0.3) is 6.72 Å². The Kier molecular flexibility index (Phi) is 3.79. The van der Waals surface area contributed by atoms with Crippen molar-refractivity contribution in [2.75, 3.05) is 6.61 Å². The maximum atomic E-state index is 11.1. The van der Waals surface area contributed by atoms with Crippen LogP contribution in [0.2, 0.25) is 0 Å². The molecule has 0 aromatic rings. The van der Waals surface area contributed by atoms with Crippen molar-refractivity contribution in [2.24, 2.45) is 0 Å². The average Bonchev–Trinajstić information content (AvgIpc) is 1.65. The molecular formula is C5H12ClO2P. The Balaban J connectivity index is 3.87. The monoisotopic (exact) mass is 170 g/mol. The lowest BCUT2D eigenvalue weighted by Gasteiger charge is -2.12. The van der Waals surface area contributed by atoms with Crippen LogP contribution >= 0.6 is 18.0 Å². The van der Waals surface area contributed by atoms with Crippen LogP contribution in [0.5, 0.6) is 0 Å². The lowest BCUT2D eigenvalue weighted by Crippen LogP contribution is -1.95. The molecule has 0 aliphatic rings. The van der Waals surface area contributed by atoms with Crippen molar-refractivity contribution >= 4 is 18.0 Å². The van der Waals surface area contributed by atoms with E-state index in [9.17, 15) is 4.57 Å². The second-order valence-corrected chi connectivity index (χ2v) is 5.78. The SMILES string of the molecule is CCOP(=O)(Cl)C(C)C. The highest BCUT2D eigenvalue weighted by Gasteiger charge is 2.22. The first-order chi connectivity index (χ1) is 4.00. The second-order valence-electron chi connectivity index (χ2n) is 2.03. The summed E-state index contributed by atoms with van der Waals surface area (Å²) < 4.78 is 15.9. The van der Waals surface area contributed by atoms with Crippen molar-refractivity contribution in [1.29, 1.82) is 0 Å². The fourth-order valence-corrected chi connectivity index (χ4v) is 1.27. The van der Waals surface area contributed by atoms with Gasteiger partial charge >= 0.3 is 0 Å². The van der Waals surface area contributed by atoms with Crippen molar-refractivity contribution < 1.29 is 9.09 Å². The molecule has 0 fully saturated rings. The number of halogens is 1. The number of hydrogen-bond acceptors (Lipinski definition) is 2. The fraction of sp³-hybridized carbons (Fsp3) is 1.00. The smallest absolute Gasteiger partial charge is 0.292 e. The molecule has 0 bridgehead atoms. The Morgan fingerprint density at radius 1 is 1.67 bits per heavy atom. The van der Waals surface area contributed by atoms with E-state index in [4.69, 9.17) is 15.8 Å². The molecule has 1 atom stereocenters. The van der Waals surface area contributed by atoms with Gasteiger partial charge in [0.2, 0.25) is 0 Å². The number of rotatable bonds is 3. The number of hydrogen-bond donors (Lipinski definition) is 0. The van der Waals surface area contributed by atoms with E-state index >= 15 is 0 Å². The molecule has 0 saturated heterocycles. The van der Waals surface area contributed by atoms with Crippen molar-refractivity contribution in [1.82, 2.24) is 0 Å². The second kappa shape index (κ2) is 3.60. The summed E-state index contributed by atoms with van der Waals surface area (Å²) in [5.41, 5.74) is -0.0842. The first kappa shape index (κ1) is 9.48. The van der Waals surface area contributed by atoms with Gasteiger partial charge in [0.05, 0.1) is 6.61 Å². The Morgan fingerprint density at radius 3 is 2.22 bits per heavy atom. The highest BCUT2D eigenvalue weighted by atomic mass is 35.7. The summed E-state index contributed by atoms with van der Waals surface area (Å²) in [5, 5.41) is 0. The van der Waals surface area contributed by atoms with Crippen LogP contribution in [0.25, 0.3) is 0 Å². The van der Waals surface area contributed by atoms with Gasteiger partial charge in [-0.15, -0.1) is 0 Å². The van der Waals surface area contributed by atoms with Gasteiger partial charge in [0.1, 0.15) is 0 Å². The third-order valence-corrected chi connectivity index (χ3v) is 4.23. The molecule has 4 heteroatoms. The topological polar surface area (TPSA) is 26.3 Å². The van der Waals surface area contributed by atoms with Gasteiger partial charge in [-0.2, -0.15) is 0 Å². The van der Waals surface area contributed by atoms with Gasteiger partial charge in [-0.25, -0.2) is 0 Å². The molecule has 0 aliphatic carbocycles. The van der Waals surface area contributed by atoms with Gasteiger partial charge in [-0.05, 0) is 18.2 Å². The van der Waals surface area contributed by atoms with Gasteiger partial charge in [-0.1, -0.05) is 13.8 Å². The van der Waals surface area contributed by atoms with Crippen molar-refractivity contribution in [3.63, 3.8) is 0 Å². The standard InChI is InChI=1S/C5H12ClO2P/c1-4-8-9(6,7)5(2)3/h5H,4H2,1-3H3. The average molecular weight is 171 g/mol. The largest absolute Gasteiger partial charge is 0.318 e. The minimum absolute atomic E-state index is 0.0842. The fourth-order valence-electron chi connectivity index (χ4n) is 0.325. The molecule has 0 aliphatic heterocycles. The van der Waals surface area contributed by atoms with E-state index in [0.29, 0.717) is 6.61 Å². The van der Waals surface area contributed by atoms with Gasteiger partial charge in [0, 0.05) is 5.66 Å². The minimum Gasteiger partial charge on any atom is -0.318 e. The van der Waals surface area contributed by atoms with Crippen LogP contribution in [0, 0.1) is 0 Å². The molecule has 1 unspecified atom stereocenters. The van der Waals surface area contributed by atoms with Crippen LogP contribution < -0.4 is 0 Å². The third kappa shape index (κ3) is 3.24. The van der Waals surface area contributed by atoms with Crippen molar-refractivity contribution in [2.45, 2.75) is 26.4 Å². The zero-order valence-electron chi connectivity index (χ0n) is 5.93. The Morgan fingerprint density at radius 2 is 2.11 bits per heavy atom. The summed E-state index contributed by atoms with van der Waals surface area (Å²) in [6, 6.07) is 0. The predicted molar refractivity (Wildman–Crippen MR) is 40.2 cm³/mol. The summed E-state index contributed by atoms with van der Waals surface area (Å²) >= 11 is 5.50. The van der Waals surface area contributed by atoms with E-state index < -0.39 is 6.72 Å².